The highest BCUT2D eigenvalue weighted by molar-refractivity contribution is 7.91. The van der Waals surface area contributed by atoms with Gasteiger partial charge in [-0.15, -0.1) is 11.3 Å². The summed E-state index contributed by atoms with van der Waals surface area (Å²) in [5.41, 5.74) is 2.07. The van der Waals surface area contributed by atoms with Crippen LogP contribution in [0.4, 0.5) is 0 Å². The van der Waals surface area contributed by atoms with E-state index in [9.17, 15) is 13.2 Å². The van der Waals surface area contributed by atoms with Crippen LogP contribution >= 0.6 is 11.3 Å². The number of hydrogen-bond acceptors (Lipinski definition) is 5. The Morgan fingerprint density at radius 1 is 1.32 bits per heavy atom. The second-order valence-electron chi connectivity index (χ2n) is 6.03. The fourth-order valence-electron chi connectivity index (χ4n) is 2.75. The first-order chi connectivity index (χ1) is 11.8. The molecule has 3 rings (SSSR count). The van der Waals surface area contributed by atoms with Gasteiger partial charge in [-0.1, -0.05) is 18.2 Å². The number of amides is 1. The maximum absolute atomic E-state index is 12.6. The molecule has 1 aromatic carbocycles. The van der Waals surface area contributed by atoms with Gasteiger partial charge in [-0.25, -0.2) is 13.1 Å². The largest absolute Gasteiger partial charge is 0.491 e. The van der Waals surface area contributed by atoms with Crippen molar-refractivity contribution in [1.29, 1.82) is 0 Å². The Balaban J connectivity index is 1.69. The minimum absolute atomic E-state index is 0.149. The number of hydrogen-bond donors (Lipinski definition) is 2. The fourth-order valence-corrected chi connectivity index (χ4v) is 5.28. The highest BCUT2D eigenvalue weighted by atomic mass is 32.2. The summed E-state index contributed by atoms with van der Waals surface area (Å²) < 4.78 is 33.9. The van der Waals surface area contributed by atoms with E-state index in [0.29, 0.717) is 19.6 Å². The molecule has 2 heterocycles. The summed E-state index contributed by atoms with van der Waals surface area (Å²) in [4.78, 5) is 11.7. The predicted octanol–water partition coefficient (Wildman–Crippen LogP) is 1.97. The van der Waals surface area contributed by atoms with E-state index in [2.05, 4.69) is 10.0 Å². The lowest BCUT2D eigenvalue weighted by molar-refractivity contribution is -0.119. The van der Waals surface area contributed by atoms with E-state index < -0.39 is 10.0 Å². The van der Waals surface area contributed by atoms with Crippen LogP contribution < -0.4 is 14.8 Å². The molecule has 1 atom stereocenters. The van der Waals surface area contributed by atoms with Crippen LogP contribution in [0.5, 0.6) is 5.75 Å². The smallest absolute Gasteiger partial charge is 0.250 e. The van der Waals surface area contributed by atoms with Gasteiger partial charge in [0.15, 0.2) is 0 Å². The van der Waals surface area contributed by atoms with Crippen LogP contribution in [-0.2, 0) is 27.8 Å². The molecule has 8 heteroatoms. The maximum Gasteiger partial charge on any atom is 0.250 e. The number of fused-ring (bicyclic) bond motifs is 1. The van der Waals surface area contributed by atoms with Crippen LogP contribution in [0.25, 0.3) is 0 Å². The molecule has 0 saturated heterocycles. The van der Waals surface area contributed by atoms with Crippen LogP contribution in [0.15, 0.2) is 34.5 Å². The van der Waals surface area contributed by atoms with Gasteiger partial charge in [-0.2, -0.15) is 0 Å². The monoisotopic (exact) mass is 380 g/mol. The Morgan fingerprint density at radius 3 is 2.88 bits per heavy atom. The Kier molecular flexibility index (Phi) is 5.12. The summed E-state index contributed by atoms with van der Waals surface area (Å²) in [5, 5.41) is 2.66. The van der Waals surface area contributed by atoms with Crippen LogP contribution in [0.1, 0.15) is 22.9 Å². The van der Waals surface area contributed by atoms with Crippen molar-refractivity contribution in [3.8, 4) is 5.75 Å². The number of benzene rings is 1. The lowest BCUT2D eigenvalue weighted by atomic mass is 10.0. The van der Waals surface area contributed by atoms with E-state index in [4.69, 9.17) is 4.74 Å². The van der Waals surface area contributed by atoms with Crippen molar-refractivity contribution in [1.82, 2.24) is 10.0 Å². The van der Waals surface area contributed by atoms with Crippen LogP contribution in [-0.4, -0.2) is 27.0 Å². The molecule has 0 aliphatic carbocycles. The third-order valence-corrected chi connectivity index (χ3v) is 7.02. The number of thiophene rings is 1. The normalized spacial score (nSPS) is 16.8. The molecule has 0 spiro atoms. The van der Waals surface area contributed by atoms with Gasteiger partial charge < -0.3 is 10.1 Å². The van der Waals surface area contributed by atoms with Crippen molar-refractivity contribution in [2.75, 3.05) is 6.61 Å². The minimum Gasteiger partial charge on any atom is -0.491 e. The lowest BCUT2D eigenvalue weighted by Gasteiger charge is -2.26. The zero-order valence-corrected chi connectivity index (χ0v) is 15.7. The Labute approximate surface area is 151 Å². The number of aryl methyl sites for hydroxylation is 1. The Bertz CT molecular complexity index is 890. The SMILES string of the molecule is CC(=O)NCc1ccc(S(=O)(=O)NC2COc3c(C)cccc3C2)s1. The van der Waals surface area contributed by atoms with Crippen LogP contribution in [0.2, 0.25) is 0 Å². The van der Waals surface area contributed by atoms with Crippen molar-refractivity contribution in [2.45, 2.75) is 37.1 Å². The summed E-state index contributed by atoms with van der Waals surface area (Å²) in [6, 6.07) is 8.85. The third kappa shape index (κ3) is 4.20. The highest BCUT2D eigenvalue weighted by Crippen LogP contribution is 2.29. The first-order valence-corrected chi connectivity index (χ1v) is 10.2. The first kappa shape index (κ1) is 17.9. The first-order valence-electron chi connectivity index (χ1n) is 7.92. The molecule has 6 nitrogen and oxygen atoms in total. The second-order valence-corrected chi connectivity index (χ2v) is 9.14. The van der Waals surface area contributed by atoms with Gasteiger partial charge in [-0.05, 0) is 36.6 Å². The number of nitrogens with one attached hydrogen (secondary N) is 2. The molecule has 1 amide bonds. The lowest BCUT2D eigenvalue weighted by Crippen LogP contribution is -2.42. The number of carbonyl (C=O) groups is 1. The summed E-state index contributed by atoms with van der Waals surface area (Å²) in [7, 11) is -3.61. The van der Waals surface area contributed by atoms with Gasteiger partial charge in [0.05, 0.1) is 12.6 Å². The molecular formula is C17H20N2O4S2. The van der Waals surface area contributed by atoms with Gasteiger partial charge in [0.1, 0.15) is 16.6 Å². The van der Waals surface area contributed by atoms with Gasteiger partial charge in [-0.3, -0.25) is 4.79 Å². The average Bonchev–Trinajstić information content (AvgIpc) is 3.02. The van der Waals surface area contributed by atoms with Crippen molar-refractivity contribution < 1.29 is 17.9 Å². The number of para-hydroxylation sites is 1. The van der Waals surface area contributed by atoms with Gasteiger partial charge in [0.25, 0.3) is 0 Å². The number of ether oxygens (including phenoxy) is 1. The molecule has 0 fully saturated rings. The quantitative estimate of drug-likeness (QED) is 0.831. The molecule has 134 valence electrons. The molecule has 1 aromatic heterocycles. The molecule has 1 aliphatic heterocycles. The van der Waals surface area contributed by atoms with E-state index >= 15 is 0 Å². The Hall–Kier alpha value is -1.90. The zero-order valence-electron chi connectivity index (χ0n) is 14.0. The van der Waals surface area contributed by atoms with Crippen LogP contribution in [0, 0.1) is 6.92 Å². The average molecular weight is 380 g/mol. The molecule has 1 aliphatic rings. The maximum atomic E-state index is 12.6. The molecule has 25 heavy (non-hydrogen) atoms. The van der Waals surface area contributed by atoms with E-state index in [-0.39, 0.29) is 16.2 Å². The molecule has 0 saturated carbocycles. The van der Waals surface area contributed by atoms with Gasteiger partial charge in [0.2, 0.25) is 15.9 Å². The number of sulfonamides is 1. The van der Waals surface area contributed by atoms with E-state index in [1.165, 1.54) is 6.92 Å². The zero-order chi connectivity index (χ0) is 18.0. The summed E-state index contributed by atoms with van der Waals surface area (Å²) in [6.45, 7) is 4.04. The van der Waals surface area contributed by atoms with Gasteiger partial charge >= 0.3 is 0 Å². The van der Waals surface area contributed by atoms with Crippen molar-refractivity contribution >= 4 is 27.3 Å². The predicted molar refractivity (Wildman–Crippen MR) is 96.3 cm³/mol. The third-order valence-electron chi connectivity index (χ3n) is 3.92. The molecule has 1 unspecified atom stereocenters. The second kappa shape index (κ2) is 7.15. The van der Waals surface area contributed by atoms with Crippen molar-refractivity contribution in [2.24, 2.45) is 0 Å². The number of carbonyl (C=O) groups excluding carboxylic acids is 1. The van der Waals surface area contributed by atoms with Gasteiger partial charge in [0, 0.05) is 11.8 Å². The van der Waals surface area contributed by atoms with E-state index in [1.54, 1.807) is 12.1 Å². The Morgan fingerprint density at radius 2 is 2.12 bits per heavy atom. The van der Waals surface area contributed by atoms with E-state index in [1.807, 2.05) is 25.1 Å². The molecule has 2 aromatic rings. The standard InChI is InChI=1S/C17H20N2O4S2/c1-11-4-3-5-13-8-14(10-23-17(11)13)19-25(21,22)16-7-6-15(24-16)9-18-12(2)20/h3-7,14,19H,8-10H2,1-2H3,(H,18,20). The van der Waals surface area contributed by atoms with Crippen LogP contribution in [0.3, 0.4) is 0 Å². The summed E-state index contributed by atoms with van der Waals surface area (Å²) >= 11 is 1.15. The molecule has 0 radical (unpaired) electrons. The van der Waals surface area contributed by atoms with E-state index in [0.717, 1.165) is 33.1 Å². The minimum atomic E-state index is -3.61. The summed E-state index contributed by atoms with van der Waals surface area (Å²) in [5.74, 6) is 0.705. The highest BCUT2D eigenvalue weighted by Gasteiger charge is 2.27. The fraction of sp³-hybridized carbons (Fsp3) is 0.353. The molecule has 2 N–H and O–H groups in total. The molecular weight excluding hydrogens is 360 g/mol. The van der Waals surface area contributed by atoms with Crippen molar-refractivity contribution in [3.05, 3.63) is 46.3 Å². The molecule has 0 bridgehead atoms. The topological polar surface area (TPSA) is 84.5 Å². The van der Waals surface area contributed by atoms with Crippen molar-refractivity contribution in [3.63, 3.8) is 0 Å². The number of rotatable bonds is 5. The summed E-state index contributed by atoms with van der Waals surface area (Å²) in [6.07, 6.45) is 0.598.